The van der Waals surface area contributed by atoms with Gasteiger partial charge < -0.3 is 16.8 Å². The standard InChI is InChI=1S/C18H15ClN6O3S/c19-12-7-6-11(8-13(12)25(27)28)22-17(26)16(10-4-2-1-3-5-10)29-18-23-14(20)9-15(21)24-18/h1-9,16H,(H,22,26)(H4,20,21,23,24)/t16-/m1/s1. The molecule has 1 amide bonds. The van der Waals surface area contributed by atoms with Gasteiger partial charge in [0.25, 0.3) is 5.69 Å². The van der Waals surface area contributed by atoms with Crippen LogP contribution in [0.15, 0.2) is 59.8 Å². The van der Waals surface area contributed by atoms with Crippen molar-refractivity contribution >= 4 is 52.3 Å². The predicted octanol–water partition coefficient (Wildman–Crippen LogP) is 3.67. The van der Waals surface area contributed by atoms with Crippen LogP contribution in [0, 0.1) is 10.1 Å². The molecule has 0 aliphatic heterocycles. The molecule has 5 N–H and O–H groups in total. The summed E-state index contributed by atoms with van der Waals surface area (Å²) < 4.78 is 0. The Bertz CT molecular complexity index is 1050. The van der Waals surface area contributed by atoms with Crippen molar-refractivity contribution in [2.24, 2.45) is 0 Å². The summed E-state index contributed by atoms with van der Waals surface area (Å²) >= 11 is 6.88. The fraction of sp³-hybridized carbons (Fsp3) is 0.0556. The summed E-state index contributed by atoms with van der Waals surface area (Å²) in [5.74, 6) is -0.0662. The molecule has 0 unspecified atom stereocenters. The van der Waals surface area contributed by atoms with E-state index in [9.17, 15) is 14.9 Å². The molecule has 1 aromatic heterocycles. The largest absolute Gasteiger partial charge is 0.383 e. The molecule has 0 spiro atoms. The number of hydrogen-bond donors (Lipinski definition) is 3. The van der Waals surface area contributed by atoms with Crippen LogP contribution < -0.4 is 16.8 Å². The van der Waals surface area contributed by atoms with E-state index in [0.29, 0.717) is 5.56 Å². The molecular formula is C18H15ClN6O3S. The number of nitrogen functional groups attached to an aromatic ring is 2. The lowest BCUT2D eigenvalue weighted by Gasteiger charge is -2.16. The highest BCUT2D eigenvalue weighted by Crippen LogP contribution is 2.36. The number of nitrogens with two attached hydrogens (primary N) is 2. The molecular weight excluding hydrogens is 416 g/mol. The van der Waals surface area contributed by atoms with Crippen LogP contribution in [0.2, 0.25) is 5.02 Å². The molecule has 3 rings (SSSR count). The van der Waals surface area contributed by atoms with E-state index >= 15 is 0 Å². The lowest BCUT2D eigenvalue weighted by Crippen LogP contribution is -2.19. The number of nitro benzene ring substituents is 1. The van der Waals surface area contributed by atoms with E-state index < -0.39 is 16.1 Å². The second-order valence-electron chi connectivity index (χ2n) is 5.82. The van der Waals surface area contributed by atoms with E-state index in [2.05, 4.69) is 15.3 Å². The number of aromatic nitrogens is 2. The van der Waals surface area contributed by atoms with Gasteiger partial charge in [0.15, 0.2) is 5.16 Å². The lowest BCUT2D eigenvalue weighted by molar-refractivity contribution is -0.384. The summed E-state index contributed by atoms with van der Waals surface area (Å²) in [6, 6.07) is 14.4. The van der Waals surface area contributed by atoms with E-state index in [1.54, 1.807) is 24.3 Å². The van der Waals surface area contributed by atoms with Crippen molar-refractivity contribution in [2.75, 3.05) is 16.8 Å². The van der Waals surface area contributed by atoms with Crippen LogP contribution in [0.1, 0.15) is 10.8 Å². The van der Waals surface area contributed by atoms with Crippen LogP contribution in [0.3, 0.4) is 0 Å². The minimum atomic E-state index is -0.757. The Morgan fingerprint density at radius 2 is 1.76 bits per heavy atom. The van der Waals surface area contributed by atoms with Gasteiger partial charge in [0, 0.05) is 17.8 Å². The Labute approximate surface area is 174 Å². The quantitative estimate of drug-likeness (QED) is 0.232. The van der Waals surface area contributed by atoms with E-state index in [1.807, 2.05) is 6.07 Å². The Hall–Kier alpha value is -3.37. The molecule has 0 aliphatic carbocycles. The number of benzene rings is 2. The van der Waals surface area contributed by atoms with Crippen LogP contribution in [-0.4, -0.2) is 20.8 Å². The minimum Gasteiger partial charge on any atom is -0.383 e. The molecule has 0 saturated carbocycles. The Morgan fingerprint density at radius 3 is 2.38 bits per heavy atom. The molecule has 9 nitrogen and oxygen atoms in total. The summed E-state index contributed by atoms with van der Waals surface area (Å²) in [6.07, 6.45) is 0. The van der Waals surface area contributed by atoms with Crippen molar-refractivity contribution in [1.29, 1.82) is 0 Å². The Balaban J connectivity index is 1.91. The summed E-state index contributed by atoms with van der Waals surface area (Å²) in [4.78, 5) is 31.7. The zero-order valence-corrected chi connectivity index (χ0v) is 16.4. The molecule has 11 heteroatoms. The number of anilines is 3. The summed E-state index contributed by atoms with van der Waals surface area (Å²) in [5.41, 5.74) is 12.0. The van der Waals surface area contributed by atoms with Gasteiger partial charge in [-0.1, -0.05) is 53.7 Å². The van der Waals surface area contributed by atoms with Crippen molar-refractivity contribution in [3.8, 4) is 0 Å². The fourth-order valence-electron chi connectivity index (χ4n) is 2.46. The van der Waals surface area contributed by atoms with Gasteiger partial charge in [0.2, 0.25) is 5.91 Å². The smallest absolute Gasteiger partial charge is 0.289 e. The zero-order valence-electron chi connectivity index (χ0n) is 14.8. The third kappa shape index (κ3) is 5.12. The Kier molecular flexibility index (Phi) is 6.15. The number of carbonyl (C=O) groups is 1. The number of nitrogens with one attached hydrogen (secondary N) is 1. The van der Waals surface area contributed by atoms with Crippen molar-refractivity contribution in [1.82, 2.24) is 9.97 Å². The van der Waals surface area contributed by atoms with Gasteiger partial charge in [0.05, 0.1) is 4.92 Å². The van der Waals surface area contributed by atoms with Crippen molar-refractivity contribution in [3.05, 3.63) is 75.3 Å². The third-order valence-corrected chi connectivity index (χ3v) is 5.15. The highest BCUT2D eigenvalue weighted by molar-refractivity contribution is 8.00. The first-order chi connectivity index (χ1) is 13.8. The molecule has 0 saturated heterocycles. The normalized spacial score (nSPS) is 11.6. The number of carbonyl (C=O) groups excluding carboxylic acids is 1. The molecule has 0 aliphatic rings. The second kappa shape index (κ2) is 8.76. The monoisotopic (exact) mass is 430 g/mol. The van der Waals surface area contributed by atoms with E-state index in [0.717, 1.165) is 11.8 Å². The zero-order chi connectivity index (χ0) is 21.0. The molecule has 0 bridgehead atoms. The van der Waals surface area contributed by atoms with Crippen LogP contribution in [0.5, 0.6) is 0 Å². The fourth-order valence-corrected chi connectivity index (χ4v) is 3.63. The van der Waals surface area contributed by atoms with Crippen molar-refractivity contribution in [2.45, 2.75) is 10.4 Å². The first kappa shape index (κ1) is 20.4. The van der Waals surface area contributed by atoms with E-state index in [-0.39, 0.29) is 33.2 Å². The van der Waals surface area contributed by atoms with Gasteiger partial charge in [-0.2, -0.15) is 0 Å². The maximum Gasteiger partial charge on any atom is 0.289 e. The average Bonchev–Trinajstić information content (AvgIpc) is 2.67. The van der Waals surface area contributed by atoms with Crippen LogP contribution >= 0.6 is 23.4 Å². The molecule has 148 valence electrons. The maximum absolute atomic E-state index is 13.0. The molecule has 1 heterocycles. The van der Waals surface area contributed by atoms with E-state index in [4.69, 9.17) is 23.1 Å². The molecule has 29 heavy (non-hydrogen) atoms. The first-order valence-electron chi connectivity index (χ1n) is 8.20. The number of hydrogen-bond acceptors (Lipinski definition) is 8. The average molecular weight is 431 g/mol. The first-order valence-corrected chi connectivity index (χ1v) is 9.45. The van der Waals surface area contributed by atoms with E-state index in [1.165, 1.54) is 24.3 Å². The summed E-state index contributed by atoms with van der Waals surface area (Å²) in [7, 11) is 0. The van der Waals surface area contributed by atoms with Gasteiger partial charge in [-0.15, -0.1) is 0 Å². The SMILES string of the molecule is Nc1cc(N)nc(S[C@@H](C(=O)Nc2ccc(Cl)c([N+](=O)[O-])c2)c2ccccc2)n1. The molecule has 3 aromatic rings. The third-order valence-electron chi connectivity index (χ3n) is 3.72. The number of halogens is 1. The number of thioether (sulfide) groups is 1. The van der Waals surface area contributed by atoms with Gasteiger partial charge in [-0.3, -0.25) is 14.9 Å². The van der Waals surface area contributed by atoms with Gasteiger partial charge in [-0.25, -0.2) is 9.97 Å². The van der Waals surface area contributed by atoms with Gasteiger partial charge in [-0.05, 0) is 17.7 Å². The summed E-state index contributed by atoms with van der Waals surface area (Å²) in [6.45, 7) is 0. The lowest BCUT2D eigenvalue weighted by atomic mass is 10.1. The minimum absolute atomic E-state index is 0.0226. The van der Waals surface area contributed by atoms with Crippen molar-refractivity contribution < 1.29 is 9.72 Å². The number of nitro groups is 1. The number of rotatable bonds is 6. The molecule has 0 radical (unpaired) electrons. The maximum atomic E-state index is 13.0. The van der Waals surface area contributed by atoms with Crippen LogP contribution in [-0.2, 0) is 4.79 Å². The Morgan fingerprint density at radius 1 is 1.10 bits per heavy atom. The number of nitrogens with zero attached hydrogens (tertiary/aromatic N) is 3. The highest BCUT2D eigenvalue weighted by Gasteiger charge is 2.25. The van der Waals surface area contributed by atoms with Crippen molar-refractivity contribution in [3.63, 3.8) is 0 Å². The molecule has 0 fully saturated rings. The topological polar surface area (TPSA) is 150 Å². The van der Waals surface area contributed by atoms with Crippen LogP contribution in [0.25, 0.3) is 0 Å². The predicted molar refractivity (Wildman–Crippen MR) is 113 cm³/mol. The van der Waals surface area contributed by atoms with Gasteiger partial charge in [0.1, 0.15) is 21.9 Å². The van der Waals surface area contributed by atoms with Gasteiger partial charge >= 0.3 is 0 Å². The molecule has 1 atom stereocenters. The number of amides is 1. The highest BCUT2D eigenvalue weighted by atomic mass is 35.5. The summed E-state index contributed by atoms with van der Waals surface area (Å²) in [5, 5.41) is 13.2. The molecule has 2 aromatic carbocycles. The van der Waals surface area contributed by atoms with Crippen LogP contribution in [0.4, 0.5) is 23.0 Å². The second-order valence-corrected chi connectivity index (χ2v) is 7.30.